The van der Waals surface area contributed by atoms with Crippen molar-refractivity contribution in [3.63, 3.8) is 0 Å². The molecular formula is C13H9BrFN3O3. The van der Waals surface area contributed by atoms with E-state index in [2.05, 4.69) is 20.7 Å². The van der Waals surface area contributed by atoms with E-state index in [4.69, 9.17) is 11.0 Å². The summed E-state index contributed by atoms with van der Waals surface area (Å²) < 4.78 is 20.0. The molecule has 2 rings (SSSR count). The summed E-state index contributed by atoms with van der Waals surface area (Å²) in [6.45, 7) is 0. The zero-order chi connectivity index (χ0) is 15.7. The average Bonchev–Trinajstić information content (AvgIpc) is 2.73. The van der Waals surface area contributed by atoms with Crippen LogP contribution < -0.4 is 5.73 Å². The van der Waals surface area contributed by atoms with Gasteiger partial charge >= 0.3 is 5.97 Å². The molecular weight excluding hydrogens is 345 g/mol. The summed E-state index contributed by atoms with van der Waals surface area (Å²) in [4.78, 5) is 11.8. The molecule has 0 radical (unpaired) electrons. The largest absolute Gasteiger partial charge is 0.506 e. The van der Waals surface area contributed by atoms with Crippen LogP contribution in [0.15, 0.2) is 22.8 Å². The van der Waals surface area contributed by atoms with Gasteiger partial charge in [0.2, 0.25) is 0 Å². The van der Waals surface area contributed by atoms with Gasteiger partial charge in [0.1, 0.15) is 17.5 Å². The molecule has 2 aromatic rings. The molecule has 3 N–H and O–H groups in total. The third-order valence-electron chi connectivity index (χ3n) is 2.79. The van der Waals surface area contributed by atoms with E-state index in [0.717, 1.165) is 23.9 Å². The normalized spacial score (nSPS) is 10.2. The van der Waals surface area contributed by atoms with Crippen LogP contribution in [0, 0.1) is 17.1 Å². The van der Waals surface area contributed by atoms with Crippen LogP contribution in [-0.2, 0) is 4.74 Å². The van der Waals surface area contributed by atoms with Gasteiger partial charge in [0.15, 0.2) is 11.5 Å². The fourth-order valence-corrected chi connectivity index (χ4v) is 2.30. The molecule has 0 saturated heterocycles. The number of hydrogen-bond acceptors (Lipinski definition) is 5. The number of phenolic OH excluding ortho intramolecular Hbond substituents is 1. The number of anilines is 1. The number of methoxy groups -OCH3 is 1. The Labute approximate surface area is 127 Å². The number of benzene rings is 1. The Morgan fingerprint density at radius 2 is 2.24 bits per heavy atom. The Morgan fingerprint density at radius 3 is 2.76 bits per heavy atom. The first-order valence-corrected chi connectivity index (χ1v) is 6.37. The van der Waals surface area contributed by atoms with E-state index >= 15 is 0 Å². The van der Waals surface area contributed by atoms with Gasteiger partial charge in [0.05, 0.1) is 18.4 Å². The van der Waals surface area contributed by atoms with Gasteiger partial charge in [-0.1, -0.05) is 15.9 Å². The van der Waals surface area contributed by atoms with Crippen molar-refractivity contribution >= 4 is 27.6 Å². The van der Waals surface area contributed by atoms with E-state index in [1.807, 2.05) is 0 Å². The highest BCUT2D eigenvalue weighted by Gasteiger charge is 2.25. The lowest BCUT2D eigenvalue weighted by atomic mass is 10.2. The van der Waals surface area contributed by atoms with Gasteiger partial charge in [-0.05, 0) is 12.1 Å². The van der Waals surface area contributed by atoms with Crippen molar-refractivity contribution in [1.29, 1.82) is 5.26 Å². The summed E-state index contributed by atoms with van der Waals surface area (Å²) >= 11 is 3.04. The summed E-state index contributed by atoms with van der Waals surface area (Å²) in [5.74, 6) is -2.08. The molecule has 108 valence electrons. The maximum Gasteiger partial charge on any atom is 0.357 e. The number of carbonyl (C=O) groups is 1. The fourth-order valence-electron chi connectivity index (χ4n) is 1.88. The van der Waals surface area contributed by atoms with Crippen molar-refractivity contribution in [2.24, 2.45) is 0 Å². The molecule has 0 aliphatic heterocycles. The maximum atomic E-state index is 14.1. The van der Waals surface area contributed by atoms with Crippen molar-refractivity contribution < 1.29 is 19.0 Å². The summed E-state index contributed by atoms with van der Waals surface area (Å²) in [6.07, 6.45) is 1.16. The summed E-state index contributed by atoms with van der Waals surface area (Å²) in [5.41, 5.74) is 4.99. The van der Waals surface area contributed by atoms with Gasteiger partial charge in [0.25, 0.3) is 0 Å². The van der Waals surface area contributed by atoms with Crippen molar-refractivity contribution in [2.45, 2.75) is 0 Å². The smallest absolute Gasteiger partial charge is 0.357 e. The van der Waals surface area contributed by atoms with Gasteiger partial charge in [-0.15, -0.1) is 0 Å². The number of carbonyl (C=O) groups excluding carboxylic acids is 1. The highest BCUT2D eigenvalue weighted by atomic mass is 79.9. The second kappa shape index (κ2) is 5.46. The number of phenols is 1. The molecule has 1 aromatic heterocycles. The minimum Gasteiger partial charge on any atom is -0.506 e. The molecule has 0 amide bonds. The highest BCUT2D eigenvalue weighted by Crippen LogP contribution is 2.33. The third-order valence-corrected chi connectivity index (χ3v) is 3.25. The van der Waals surface area contributed by atoms with E-state index < -0.39 is 17.5 Å². The topological polar surface area (TPSA) is 101 Å². The Hall–Kier alpha value is -2.53. The number of aromatic nitrogens is 1. The van der Waals surface area contributed by atoms with Crippen molar-refractivity contribution in [3.05, 3.63) is 39.9 Å². The number of nitrogen functional groups attached to an aromatic ring is 1. The van der Waals surface area contributed by atoms with Gasteiger partial charge in [0, 0.05) is 10.7 Å². The molecule has 1 aromatic carbocycles. The zero-order valence-electron chi connectivity index (χ0n) is 10.7. The first-order chi connectivity index (χ1) is 9.90. The van der Waals surface area contributed by atoms with Crippen LogP contribution in [0.4, 0.5) is 10.1 Å². The van der Waals surface area contributed by atoms with Crippen molar-refractivity contribution in [3.8, 4) is 17.5 Å². The predicted octanol–water partition coefficient (Wildman–Crippen LogP) is 2.32. The number of ether oxygens (including phenoxy) is 1. The molecule has 0 saturated carbocycles. The molecule has 6 nitrogen and oxygen atoms in total. The first-order valence-electron chi connectivity index (χ1n) is 5.58. The van der Waals surface area contributed by atoms with Crippen molar-refractivity contribution in [2.75, 3.05) is 12.8 Å². The molecule has 0 unspecified atom stereocenters. The van der Waals surface area contributed by atoms with Gasteiger partial charge < -0.3 is 20.1 Å². The number of hydrogen-bond donors (Lipinski definition) is 2. The lowest BCUT2D eigenvalue weighted by molar-refractivity contribution is 0.0593. The zero-order valence-corrected chi connectivity index (χ0v) is 12.3. The van der Waals surface area contributed by atoms with E-state index in [1.165, 1.54) is 6.07 Å². The van der Waals surface area contributed by atoms with Gasteiger partial charge in [-0.3, -0.25) is 0 Å². The standard InChI is InChI=1S/C13H9BrFN3O3/c1-21-13(20)12-10(17)6(4-16)5-18(12)11-8(15)2-7(14)3-9(11)19/h2-3,5,19H,17H2,1H3. The molecule has 0 aliphatic carbocycles. The molecule has 0 spiro atoms. The summed E-state index contributed by atoms with van der Waals surface area (Å²) in [5, 5.41) is 18.9. The fraction of sp³-hybridized carbons (Fsp3) is 0.0769. The third kappa shape index (κ3) is 2.43. The van der Waals surface area contributed by atoms with Crippen LogP contribution in [0.25, 0.3) is 5.69 Å². The highest BCUT2D eigenvalue weighted by molar-refractivity contribution is 9.10. The number of nitrogens with zero attached hydrogens (tertiary/aromatic N) is 2. The molecule has 0 fully saturated rings. The average molecular weight is 354 g/mol. The summed E-state index contributed by atoms with van der Waals surface area (Å²) in [6, 6.07) is 4.15. The Morgan fingerprint density at radius 1 is 1.57 bits per heavy atom. The Kier molecular flexibility index (Phi) is 3.86. The second-order valence-electron chi connectivity index (χ2n) is 4.03. The number of esters is 1. The van der Waals surface area contributed by atoms with Gasteiger partial charge in [-0.25, -0.2) is 9.18 Å². The van der Waals surface area contributed by atoms with E-state index in [-0.39, 0.29) is 22.6 Å². The minimum atomic E-state index is -0.851. The summed E-state index contributed by atoms with van der Waals surface area (Å²) in [7, 11) is 1.13. The van der Waals surface area contributed by atoms with Crippen LogP contribution >= 0.6 is 15.9 Å². The number of halogens is 2. The second-order valence-corrected chi connectivity index (χ2v) is 4.95. The number of nitriles is 1. The molecule has 21 heavy (non-hydrogen) atoms. The molecule has 1 heterocycles. The molecule has 0 atom stereocenters. The van der Waals surface area contributed by atoms with Crippen LogP contribution in [0.1, 0.15) is 16.1 Å². The lowest BCUT2D eigenvalue weighted by Gasteiger charge is -2.11. The SMILES string of the molecule is COC(=O)c1c(N)c(C#N)cn1-c1c(O)cc(Br)cc1F. The van der Waals surface area contributed by atoms with Crippen LogP contribution in [0.5, 0.6) is 5.75 Å². The minimum absolute atomic E-state index is 0.0304. The quantitative estimate of drug-likeness (QED) is 0.806. The molecule has 0 aliphatic rings. The first kappa shape index (κ1) is 14.9. The number of aromatic hydroxyl groups is 1. The Bertz CT molecular complexity index is 757. The number of nitrogens with two attached hydrogens (primary N) is 1. The maximum absolute atomic E-state index is 14.1. The number of rotatable bonds is 2. The van der Waals surface area contributed by atoms with Crippen LogP contribution in [0.2, 0.25) is 0 Å². The van der Waals surface area contributed by atoms with E-state index in [9.17, 15) is 14.3 Å². The van der Waals surface area contributed by atoms with E-state index in [0.29, 0.717) is 4.47 Å². The van der Waals surface area contributed by atoms with Crippen LogP contribution in [-0.4, -0.2) is 22.8 Å². The van der Waals surface area contributed by atoms with Gasteiger partial charge in [-0.2, -0.15) is 5.26 Å². The monoisotopic (exact) mass is 353 g/mol. The van der Waals surface area contributed by atoms with Crippen molar-refractivity contribution in [1.82, 2.24) is 4.57 Å². The molecule has 8 heteroatoms. The predicted molar refractivity (Wildman–Crippen MR) is 75.6 cm³/mol. The molecule has 0 bridgehead atoms. The lowest BCUT2D eigenvalue weighted by Crippen LogP contribution is -2.12. The Balaban J connectivity index is 2.82. The van der Waals surface area contributed by atoms with E-state index in [1.54, 1.807) is 6.07 Å². The van der Waals surface area contributed by atoms with Crippen LogP contribution in [0.3, 0.4) is 0 Å².